The number of fused-ring (bicyclic) bond motifs is 2. The Labute approximate surface area is 196 Å². The summed E-state index contributed by atoms with van der Waals surface area (Å²) in [4.78, 5) is 15.8. The average molecular weight is 473 g/mol. The van der Waals surface area contributed by atoms with Crippen LogP contribution in [0.3, 0.4) is 0 Å². The van der Waals surface area contributed by atoms with Crippen LogP contribution in [0.25, 0.3) is 0 Å². The number of hydrogen-bond donors (Lipinski definition) is 1. The van der Waals surface area contributed by atoms with Gasteiger partial charge in [-0.05, 0) is 88.1 Å². The third kappa shape index (κ3) is 5.11. The van der Waals surface area contributed by atoms with E-state index in [0.717, 1.165) is 37.1 Å². The molecule has 2 aliphatic heterocycles. The first-order valence-corrected chi connectivity index (χ1v) is 13.2. The molecule has 4 rings (SSSR count). The number of nitrogens with one attached hydrogen (secondary N) is 1. The maximum atomic E-state index is 13.0. The van der Waals surface area contributed by atoms with Gasteiger partial charge in [0.05, 0.1) is 12.0 Å². The molecule has 1 N–H and O–H groups in total. The minimum absolute atomic E-state index is 0.0836. The fraction of sp³-hybridized carbons (Fsp3) is 0.480. The van der Waals surface area contributed by atoms with Crippen molar-refractivity contribution < 1.29 is 22.7 Å². The molecule has 0 aromatic heterocycles. The summed E-state index contributed by atoms with van der Waals surface area (Å²) >= 11 is 0. The van der Waals surface area contributed by atoms with E-state index in [4.69, 9.17) is 9.47 Å². The number of carbonyl (C=O) groups is 1. The molecule has 0 spiro atoms. The SMILES string of the molecule is COc1ccc(OC(C)(C)C(=O)N[C@H]2C[C@H]3CC[C@@H](C2)N3c2ccc(S(C)(=O)=O)cc2)cc1. The van der Waals surface area contributed by atoms with E-state index in [2.05, 4.69) is 10.2 Å². The van der Waals surface area contributed by atoms with Gasteiger partial charge in [-0.15, -0.1) is 0 Å². The minimum atomic E-state index is -3.21. The Morgan fingerprint density at radius 3 is 2.03 bits per heavy atom. The zero-order valence-corrected chi connectivity index (χ0v) is 20.4. The van der Waals surface area contributed by atoms with Crippen molar-refractivity contribution in [2.45, 2.75) is 68.2 Å². The molecule has 3 atom stereocenters. The number of hydrogen-bond acceptors (Lipinski definition) is 6. The number of methoxy groups -OCH3 is 1. The number of amides is 1. The smallest absolute Gasteiger partial charge is 0.263 e. The number of benzene rings is 2. The summed E-state index contributed by atoms with van der Waals surface area (Å²) in [6, 6.07) is 15.1. The third-order valence-electron chi connectivity index (χ3n) is 6.61. The number of ether oxygens (including phenoxy) is 2. The Balaban J connectivity index is 1.38. The van der Waals surface area contributed by atoms with Crippen LogP contribution in [0.5, 0.6) is 11.5 Å². The molecule has 2 aliphatic rings. The van der Waals surface area contributed by atoms with Crippen molar-refractivity contribution in [3.63, 3.8) is 0 Å². The molecule has 1 amide bonds. The number of anilines is 1. The Hall–Kier alpha value is -2.74. The van der Waals surface area contributed by atoms with Crippen LogP contribution in [-0.2, 0) is 14.6 Å². The summed E-state index contributed by atoms with van der Waals surface area (Å²) in [6.07, 6.45) is 5.07. The van der Waals surface area contributed by atoms with E-state index in [1.54, 1.807) is 57.4 Å². The van der Waals surface area contributed by atoms with Crippen molar-refractivity contribution in [3.05, 3.63) is 48.5 Å². The molecule has 33 heavy (non-hydrogen) atoms. The predicted octanol–water partition coefficient (Wildman–Crippen LogP) is 3.57. The van der Waals surface area contributed by atoms with E-state index >= 15 is 0 Å². The van der Waals surface area contributed by atoms with Gasteiger partial charge in [0.25, 0.3) is 5.91 Å². The van der Waals surface area contributed by atoms with E-state index in [0.29, 0.717) is 22.7 Å². The maximum absolute atomic E-state index is 13.0. The summed E-state index contributed by atoms with van der Waals surface area (Å²) in [5, 5.41) is 3.21. The highest BCUT2D eigenvalue weighted by molar-refractivity contribution is 7.90. The number of rotatable bonds is 7. The number of carbonyl (C=O) groups excluding carboxylic acids is 1. The highest BCUT2D eigenvalue weighted by Crippen LogP contribution is 2.39. The van der Waals surface area contributed by atoms with Gasteiger partial charge >= 0.3 is 0 Å². The average Bonchev–Trinajstić information content (AvgIpc) is 3.03. The normalized spacial score (nSPS) is 22.7. The summed E-state index contributed by atoms with van der Waals surface area (Å²) in [5.41, 5.74) is 0.0366. The molecule has 2 saturated heterocycles. The molecule has 2 aromatic rings. The minimum Gasteiger partial charge on any atom is -0.497 e. The van der Waals surface area contributed by atoms with Gasteiger partial charge in [0.1, 0.15) is 11.5 Å². The summed E-state index contributed by atoms with van der Waals surface area (Å²) < 4.78 is 34.7. The molecule has 2 fully saturated rings. The Bertz CT molecular complexity index is 1080. The molecule has 8 heteroatoms. The molecular formula is C25H32N2O5S. The molecule has 2 bridgehead atoms. The summed E-state index contributed by atoms with van der Waals surface area (Å²) in [6.45, 7) is 3.55. The monoisotopic (exact) mass is 472 g/mol. The van der Waals surface area contributed by atoms with Gasteiger partial charge < -0.3 is 19.7 Å². The molecule has 0 unspecified atom stereocenters. The van der Waals surface area contributed by atoms with Gasteiger partial charge in [-0.25, -0.2) is 8.42 Å². The zero-order valence-electron chi connectivity index (χ0n) is 19.6. The second-order valence-electron chi connectivity index (χ2n) is 9.49. The molecular weight excluding hydrogens is 440 g/mol. The highest BCUT2D eigenvalue weighted by Gasteiger charge is 2.42. The highest BCUT2D eigenvalue weighted by atomic mass is 32.2. The molecule has 2 aromatic carbocycles. The van der Waals surface area contributed by atoms with Crippen LogP contribution < -0.4 is 19.7 Å². The van der Waals surface area contributed by atoms with Crippen molar-refractivity contribution in [2.75, 3.05) is 18.3 Å². The van der Waals surface area contributed by atoms with Crippen LogP contribution in [0.2, 0.25) is 0 Å². The van der Waals surface area contributed by atoms with Crippen LogP contribution in [0.4, 0.5) is 5.69 Å². The van der Waals surface area contributed by atoms with E-state index in [-0.39, 0.29) is 11.9 Å². The van der Waals surface area contributed by atoms with Crippen molar-refractivity contribution in [1.82, 2.24) is 5.32 Å². The topological polar surface area (TPSA) is 84.9 Å². The van der Waals surface area contributed by atoms with Gasteiger partial charge in [0.15, 0.2) is 15.4 Å². The van der Waals surface area contributed by atoms with Gasteiger partial charge in [0.2, 0.25) is 0 Å². The van der Waals surface area contributed by atoms with Crippen LogP contribution in [0.1, 0.15) is 39.5 Å². The Kier molecular flexibility index (Phi) is 6.31. The third-order valence-corrected chi connectivity index (χ3v) is 7.74. The van der Waals surface area contributed by atoms with Crippen LogP contribution in [-0.4, -0.2) is 51.4 Å². The largest absolute Gasteiger partial charge is 0.497 e. The number of sulfone groups is 1. The lowest BCUT2D eigenvalue weighted by molar-refractivity contribution is -0.135. The molecule has 0 radical (unpaired) electrons. The zero-order chi connectivity index (χ0) is 23.8. The number of piperidine rings is 1. The van der Waals surface area contributed by atoms with Crippen molar-refractivity contribution in [3.8, 4) is 11.5 Å². The van der Waals surface area contributed by atoms with Crippen molar-refractivity contribution in [2.24, 2.45) is 0 Å². The van der Waals surface area contributed by atoms with E-state index < -0.39 is 15.4 Å². The summed E-state index contributed by atoms with van der Waals surface area (Å²) in [7, 11) is -1.60. The van der Waals surface area contributed by atoms with Crippen molar-refractivity contribution in [1.29, 1.82) is 0 Å². The standard InChI is InChI=1S/C25H32N2O5S/c1-25(2,32-22-11-9-21(31-3)10-12-22)24(28)26-17-15-19-5-6-20(16-17)27(19)18-7-13-23(14-8-18)33(4,29)30/h7-14,17,19-20H,5-6,15-16H2,1-4H3,(H,26,28)/t17-,19+,20-. The quantitative estimate of drug-likeness (QED) is 0.663. The van der Waals surface area contributed by atoms with Gasteiger partial charge in [-0.2, -0.15) is 0 Å². The van der Waals surface area contributed by atoms with Crippen LogP contribution >= 0.6 is 0 Å². The lowest BCUT2D eigenvalue weighted by Crippen LogP contribution is -2.55. The lowest BCUT2D eigenvalue weighted by atomic mass is 9.95. The van der Waals surface area contributed by atoms with E-state index in [1.807, 2.05) is 12.1 Å². The first-order valence-electron chi connectivity index (χ1n) is 11.3. The first kappa shape index (κ1) is 23.4. The van der Waals surface area contributed by atoms with E-state index in [1.165, 1.54) is 6.26 Å². The van der Waals surface area contributed by atoms with Gasteiger partial charge in [-0.3, -0.25) is 4.79 Å². The predicted molar refractivity (Wildman–Crippen MR) is 128 cm³/mol. The van der Waals surface area contributed by atoms with Gasteiger partial charge in [-0.1, -0.05) is 0 Å². The molecule has 0 saturated carbocycles. The van der Waals surface area contributed by atoms with E-state index in [9.17, 15) is 13.2 Å². The Morgan fingerprint density at radius 2 is 1.52 bits per heavy atom. The fourth-order valence-electron chi connectivity index (χ4n) is 4.93. The van der Waals surface area contributed by atoms with Crippen molar-refractivity contribution >= 4 is 21.4 Å². The second kappa shape index (κ2) is 8.89. The first-order chi connectivity index (χ1) is 15.6. The molecule has 2 heterocycles. The second-order valence-corrected chi connectivity index (χ2v) is 11.5. The van der Waals surface area contributed by atoms with Gasteiger partial charge in [0, 0.05) is 30.1 Å². The van der Waals surface area contributed by atoms with Crippen LogP contribution in [0.15, 0.2) is 53.4 Å². The molecule has 0 aliphatic carbocycles. The van der Waals surface area contributed by atoms with Crippen LogP contribution in [0, 0.1) is 0 Å². The number of nitrogens with zero attached hydrogens (tertiary/aromatic N) is 1. The molecule has 7 nitrogen and oxygen atoms in total. The maximum Gasteiger partial charge on any atom is 0.263 e. The lowest BCUT2D eigenvalue weighted by Gasteiger charge is -2.41. The molecule has 178 valence electrons. The fourth-order valence-corrected chi connectivity index (χ4v) is 5.56. The Morgan fingerprint density at radius 1 is 0.970 bits per heavy atom. The summed E-state index contributed by atoms with van der Waals surface area (Å²) in [5.74, 6) is 1.22.